The first-order chi connectivity index (χ1) is 17.1. The Labute approximate surface area is 199 Å². The second-order valence-electron chi connectivity index (χ2n) is 8.54. The number of rotatable bonds is 5. The molecule has 0 saturated carbocycles. The third-order valence-corrected chi connectivity index (χ3v) is 5.73. The van der Waals surface area contributed by atoms with Crippen molar-refractivity contribution in [1.29, 1.82) is 0 Å². The molecule has 5 aromatic heterocycles. The molecule has 3 N–H and O–H groups in total. The summed E-state index contributed by atoms with van der Waals surface area (Å²) in [7, 11) is 0. The standard InChI is InChI=1S/C26H21FN8/c1-14(2)31-16-11-15(12-28-13-16)17-6-7-20-21(22(17)27)24(35-34-20)26-32-23-18(8-10-30-25(23)33-26)19-5-3-4-9-29-19/h3-14,31H,1-2H3,(H,34,35)(H,30,32,33). The molecule has 0 amide bonds. The Morgan fingerprint density at radius 3 is 2.71 bits per heavy atom. The van der Waals surface area contributed by atoms with Crippen molar-refractivity contribution in [2.75, 3.05) is 5.32 Å². The quantitative estimate of drug-likeness (QED) is 0.307. The van der Waals surface area contributed by atoms with Crippen molar-refractivity contribution in [3.05, 3.63) is 73.1 Å². The summed E-state index contributed by atoms with van der Waals surface area (Å²) in [6.45, 7) is 4.08. The molecule has 6 rings (SSSR count). The molecule has 172 valence electrons. The normalized spacial score (nSPS) is 11.5. The highest BCUT2D eigenvalue weighted by Gasteiger charge is 2.21. The average molecular weight is 465 g/mol. The Bertz CT molecular complexity index is 1670. The van der Waals surface area contributed by atoms with E-state index in [1.54, 1.807) is 30.9 Å². The smallest absolute Gasteiger partial charge is 0.178 e. The molecule has 35 heavy (non-hydrogen) atoms. The zero-order valence-corrected chi connectivity index (χ0v) is 19.0. The molecule has 8 nitrogen and oxygen atoms in total. The summed E-state index contributed by atoms with van der Waals surface area (Å²) in [6, 6.07) is 13.2. The highest BCUT2D eigenvalue weighted by atomic mass is 19.1. The lowest BCUT2D eigenvalue weighted by Crippen LogP contribution is -2.09. The number of H-pyrrole nitrogens is 2. The highest BCUT2D eigenvalue weighted by molar-refractivity contribution is 5.97. The van der Waals surface area contributed by atoms with Gasteiger partial charge in [0.1, 0.15) is 11.5 Å². The molecule has 1 aromatic carbocycles. The van der Waals surface area contributed by atoms with Crippen LogP contribution in [-0.4, -0.2) is 41.2 Å². The minimum atomic E-state index is -0.395. The van der Waals surface area contributed by atoms with Crippen LogP contribution in [0.15, 0.2) is 67.3 Å². The van der Waals surface area contributed by atoms with Crippen molar-refractivity contribution < 1.29 is 4.39 Å². The molecule has 0 atom stereocenters. The van der Waals surface area contributed by atoms with Crippen LogP contribution in [0.4, 0.5) is 10.1 Å². The van der Waals surface area contributed by atoms with E-state index in [0.717, 1.165) is 16.9 Å². The number of anilines is 1. The Balaban J connectivity index is 1.49. The van der Waals surface area contributed by atoms with Gasteiger partial charge >= 0.3 is 0 Å². The summed E-state index contributed by atoms with van der Waals surface area (Å²) in [6.07, 6.45) is 6.80. The number of imidazole rings is 1. The number of hydrogen-bond donors (Lipinski definition) is 3. The maximum Gasteiger partial charge on any atom is 0.178 e. The lowest BCUT2D eigenvalue weighted by atomic mass is 10.0. The summed E-state index contributed by atoms with van der Waals surface area (Å²) in [5.74, 6) is 0.0274. The van der Waals surface area contributed by atoms with E-state index in [-0.39, 0.29) is 6.04 Å². The lowest BCUT2D eigenvalue weighted by Gasteiger charge is -2.11. The fourth-order valence-electron chi connectivity index (χ4n) is 4.23. The van der Waals surface area contributed by atoms with E-state index in [2.05, 4.69) is 40.4 Å². The molecule has 0 aliphatic rings. The molecule has 0 aliphatic heterocycles. The van der Waals surface area contributed by atoms with Crippen LogP contribution in [0, 0.1) is 5.82 Å². The fourth-order valence-corrected chi connectivity index (χ4v) is 4.23. The van der Waals surface area contributed by atoms with Gasteiger partial charge in [0.15, 0.2) is 11.5 Å². The summed E-state index contributed by atoms with van der Waals surface area (Å²) >= 11 is 0. The number of fused-ring (bicyclic) bond motifs is 2. The minimum absolute atomic E-state index is 0.234. The molecule has 0 unspecified atom stereocenters. The molecule has 9 heteroatoms. The third kappa shape index (κ3) is 3.67. The van der Waals surface area contributed by atoms with Gasteiger partial charge in [0, 0.05) is 47.5 Å². The topological polar surface area (TPSA) is 108 Å². The summed E-state index contributed by atoms with van der Waals surface area (Å²) in [5.41, 5.74) is 5.76. The van der Waals surface area contributed by atoms with Crippen molar-refractivity contribution in [3.63, 3.8) is 0 Å². The van der Waals surface area contributed by atoms with Crippen LogP contribution in [0.5, 0.6) is 0 Å². The first-order valence-corrected chi connectivity index (χ1v) is 11.2. The van der Waals surface area contributed by atoms with Gasteiger partial charge in [0.05, 0.1) is 27.8 Å². The SMILES string of the molecule is CC(C)Nc1cncc(-c2ccc3[nH]nc(-c4nc5nccc(-c6ccccn6)c5[nH]4)c3c2F)c1. The monoisotopic (exact) mass is 464 g/mol. The number of pyridine rings is 3. The first-order valence-electron chi connectivity index (χ1n) is 11.2. The van der Waals surface area contributed by atoms with Crippen LogP contribution in [0.1, 0.15) is 13.8 Å². The number of nitrogens with zero attached hydrogens (tertiary/aromatic N) is 5. The van der Waals surface area contributed by atoms with Gasteiger partial charge in [-0.2, -0.15) is 5.10 Å². The van der Waals surface area contributed by atoms with Gasteiger partial charge in [-0.3, -0.25) is 15.1 Å². The fraction of sp³-hybridized carbons (Fsp3) is 0.115. The van der Waals surface area contributed by atoms with Gasteiger partial charge in [-0.1, -0.05) is 6.07 Å². The predicted molar refractivity (Wildman–Crippen MR) is 134 cm³/mol. The van der Waals surface area contributed by atoms with E-state index in [9.17, 15) is 0 Å². The van der Waals surface area contributed by atoms with Crippen molar-refractivity contribution >= 4 is 27.8 Å². The molecular weight excluding hydrogens is 443 g/mol. The number of aromatic nitrogens is 7. The number of halogens is 1. The van der Waals surface area contributed by atoms with Crippen LogP contribution >= 0.6 is 0 Å². The predicted octanol–water partition coefficient (Wildman–Crippen LogP) is 5.58. The lowest BCUT2D eigenvalue weighted by molar-refractivity contribution is 0.643. The highest BCUT2D eigenvalue weighted by Crippen LogP contribution is 2.35. The van der Waals surface area contributed by atoms with Gasteiger partial charge in [0.2, 0.25) is 0 Å². The van der Waals surface area contributed by atoms with Crippen LogP contribution < -0.4 is 5.32 Å². The van der Waals surface area contributed by atoms with Gasteiger partial charge in [-0.05, 0) is 50.2 Å². The van der Waals surface area contributed by atoms with Crippen LogP contribution in [0.2, 0.25) is 0 Å². The van der Waals surface area contributed by atoms with Crippen LogP contribution in [0.3, 0.4) is 0 Å². The van der Waals surface area contributed by atoms with Gasteiger partial charge in [0.25, 0.3) is 0 Å². The van der Waals surface area contributed by atoms with E-state index >= 15 is 4.39 Å². The Morgan fingerprint density at radius 2 is 1.89 bits per heavy atom. The van der Waals surface area contributed by atoms with E-state index in [1.165, 1.54) is 0 Å². The molecule has 0 fully saturated rings. The molecule has 0 radical (unpaired) electrons. The van der Waals surface area contributed by atoms with Crippen molar-refractivity contribution in [2.45, 2.75) is 19.9 Å². The number of hydrogen-bond acceptors (Lipinski definition) is 6. The molecule has 6 aromatic rings. The zero-order chi connectivity index (χ0) is 23.9. The maximum absolute atomic E-state index is 16.0. The molecular formula is C26H21FN8. The molecule has 0 saturated heterocycles. The summed E-state index contributed by atoms with van der Waals surface area (Å²) in [5, 5.41) is 11.0. The van der Waals surface area contributed by atoms with Gasteiger partial charge in [-0.25, -0.2) is 14.4 Å². The summed E-state index contributed by atoms with van der Waals surface area (Å²) < 4.78 is 16.0. The maximum atomic E-state index is 16.0. The Morgan fingerprint density at radius 1 is 0.971 bits per heavy atom. The molecule has 0 bridgehead atoms. The first kappa shape index (κ1) is 20.9. The number of aromatic amines is 2. The zero-order valence-electron chi connectivity index (χ0n) is 19.0. The minimum Gasteiger partial charge on any atom is -0.382 e. The van der Waals surface area contributed by atoms with E-state index in [4.69, 9.17) is 0 Å². The van der Waals surface area contributed by atoms with Gasteiger partial charge in [-0.15, -0.1) is 0 Å². The number of benzene rings is 1. The Hall–Kier alpha value is -4.66. The molecule has 5 heterocycles. The van der Waals surface area contributed by atoms with Crippen LogP contribution in [-0.2, 0) is 0 Å². The number of nitrogens with one attached hydrogen (secondary N) is 3. The third-order valence-electron chi connectivity index (χ3n) is 5.73. The van der Waals surface area contributed by atoms with Gasteiger partial charge < -0.3 is 10.3 Å². The second kappa shape index (κ2) is 8.28. The van der Waals surface area contributed by atoms with Crippen LogP contribution in [0.25, 0.3) is 56.0 Å². The van der Waals surface area contributed by atoms with Crippen molar-refractivity contribution in [1.82, 2.24) is 35.1 Å². The second-order valence-corrected chi connectivity index (χ2v) is 8.54. The summed E-state index contributed by atoms with van der Waals surface area (Å²) in [4.78, 5) is 21.0. The molecule has 0 spiro atoms. The van der Waals surface area contributed by atoms with Crippen molar-refractivity contribution in [3.8, 4) is 33.9 Å². The molecule has 0 aliphatic carbocycles. The van der Waals surface area contributed by atoms with E-state index < -0.39 is 5.82 Å². The van der Waals surface area contributed by atoms with Crippen molar-refractivity contribution in [2.24, 2.45) is 0 Å². The van der Waals surface area contributed by atoms with E-state index in [1.807, 2.05) is 50.2 Å². The van der Waals surface area contributed by atoms with E-state index in [0.29, 0.717) is 44.7 Å². The average Bonchev–Trinajstić information content (AvgIpc) is 3.49. The largest absolute Gasteiger partial charge is 0.382 e. The Kier molecular flexibility index (Phi) is 4.95.